The van der Waals surface area contributed by atoms with Gasteiger partial charge in [-0.3, -0.25) is 0 Å². The normalized spacial score (nSPS) is 11.4. The fourth-order valence-corrected chi connectivity index (χ4v) is 4.33. The first-order chi connectivity index (χ1) is 22.9. The van der Waals surface area contributed by atoms with Gasteiger partial charge in [-0.25, -0.2) is 9.59 Å². The monoisotopic (exact) mass is 724 g/mol. The molecule has 0 aliphatic rings. The van der Waals surface area contributed by atoms with E-state index in [0.717, 1.165) is 26.7 Å². The number of halogens is 1. The number of hydrogen-bond acceptors (Lipinski definition) is 10. The minimum Gasteiger partial charge on any atom is -0.482 e. The topological polar surface area (TPSA) is 152 Å². The lowest BCUT2D eigenvalue weighted by Crippen LogP contribution is -2.29. The second kappa shape index (κ2) is 21.6. The number of benzene rings is 4. The average Bonchev–Trinajstić information content (AvgIpc) is 3.08. The maximum Gasteiger partial charge on any atom is 0.488 e. The highest BCUT2D eigenvalue weighted by Gasteiger charge is 2.11. The summed E-state index contributed by atoms with van der Waals surface area (Å²) in [6, 6.07) is 29.0. The van der Waals surface area contributed by atoms with E-state index < -0.39 is 19.2 Å². The fraction of sp³-hybridized carbons (Fsp3) is 0.278. The lowest BCUT2D eigenvalue weighted by Gasteiger charge is -2.09. The third-order valence-corrected chi connectivity index (χ3v) is 6.88. The van der Waals surface area contributed by atoms with Crippen molar-refractivity contribution in [3.05, 3.63) is 113 Å². The molecule has 0 saturated carbocycles. The Hall–Kier alpha value is -4.20. The number of carbonyl (C=O) groups is 2. The van der Waals surface area contributed by atoms with Crippen LogP contribution in [0.2, 0.25) is 0 Å². The van der Waals surface area contributed by atoms with E-state index in [9.17, 15) is 14.7 Å². The molecule has 0 aromatic heterocycles. The van der Waals surface area contributed by atoms with Crippen molar-refractivity contribution in [2.75, 3.05) is 26.4 Å². The van der Waals surface area contributed by atoms with E-state index in [1.165, 1.54) is 12.1 Å². The van der Waals surface area contributed by atoms with Crippen LogP contribution in [0.3, 0.4) is 0 Å². The van der Waals surface area contributed by atoms with Gasteiger partial charge in [0.1, 0.15) is 11.5 Å². The van der Waals surface area contributed by atoms with Crippen molar-refractivity contribution < 1.29 is 48.8 Å². The van der Waals surface area contributed by atoms with Crippen molar-refractivity contribution in [1.29, 1.82) is 0 Å². The largest absolute Gasteiger partial charge is 0.488 e. The summed E-state index contributed by atoms with van der Waals surface area (Å²) < 4.78 is 21.0. The van der Waals surface area contributed by atoms with Gasteiger partial charge in [0.2, 0.25) is 0 Å². The summed E-state index contributed by atoms with van der Waals surface area (Å²) in [5, 5.41) is 36.5. The van der Waals surface area contributed by atoms with Gasteiger partial charge in [0.15, 0.2) is 13.2 Å². The molecule has 0 aliphatic heterocycles. The van der Waals surface area contributed by atoms with Crippen molar-refractivity contribution in [1.82, 2.24) is 0 Å². The molecule has 0 aliphatic carbocycles. The van der Waals surface area contributed by atoms with Crippen LogP contribution in [0, 0.1) is 0 Å². The second-order valence-electron chi connectivity index (χ2n) is 10.2. The first-order valence-electron chi connectivity index (χ1n) is 15.3. The fourth-order valence-electron chi connectivity index (χ4n) is 3.91. The van der Waals surface area contributed by atoms with Gasteiger partial charge >= 0.3 is 19.1 Å². The third-order valence-electron chi connectivity index (χ3n) is 6.39. The maximum atomic E-state index is 11.2. The highest BCUT2D eigenvalue weighted by Crippen LogP contribution is 2.25. The lowest BCUT2D eigenvalue weighted by molar-refractivity contribution is -0.146. The highest BCUT2D eigenvalue weighted by atomic mass is 79.9. The average molecular weight is 725 g/mol. The Morgan fingerprint density at radius 1 is 0.667 bits per heavy atom. The molecule has 0 fully saturated rings. The summed E-state index contributed by atoms with van der Waals surface area (Å²) in [4.78, 5) is 22.2. The molecule has 2 atom stereocenters. The summed E-state index contributed by atoms with van der Waals surface area (Å²) in [5.74, 6) is 0.269. The molecule has 4 aromatic rings. The van der Waals surface area contributed by atoms with E-state index in [4.69, 9.17) is 29.4 Å². The van der Waals surface area contributed by atoms with E-state index >= 15 is 0 Å². The van der Waals surface area contributed by atoms with Crippen molar-refractivity contribution >= 4 is 40.4 Å². The van der Waals surface area contributed by atoms with Gasteiger partial charge < -0.3 is 39.2 Å². The molecule has 0 spiro atoms. The van der Waals surface area contributed by atoms with Crippen molar-refractivity contribution in [2.24, 2.45) is 0 Å². The summed E-state index contributed by atoms with van der Waals surface area (Å²) in [6.45, 7) is 7.38. The quantitative estimate of drug-likeness (QED) is 0.114. The van der Waals surface area contributed by atoms with Crippen LogP contribution >= 0.6 is 15.9 Å². The van der Waals surface area contributed by atoms with Crippen LogP contribution in [0.5, 0.6) is 11.5 Å². The Bertz CT molecular complexity index is 1530. The molecule has 10 nitrogen and oxygen atoms in total. The predicted molar refractivity (Wildman–Crippen MR) is 188 cm³/mol. The van der Waals surface area contributed by atoms with Crippen LogP contribution in [-0.2, 0) is 19.1 Å². The molecule has 0 bridgehead atoms. The molecule has 4 N–H and O–H groups in total. The Kier molecular flexibility index (Phi) is 18.0. The first-order valence-corrected chi connectivity index (χ1v) is 16.1. The molecule has 4 rings (SSSR count). The Labute approximate surface area is 290 Å². The molecule has 0 saturated heterocycles. The first kappa shape index (κ1) is 40.0. The van der Waals surface area contributed by atoms with E-state index in [0.29, 0.717) is 30.2 Å². The van der Waals surface area contributed by atoms with Gasteiger partial charge in [0.05, 0.1) is 25.4 Å². The second-order valence-corrected chi connectivity index (χ2v) is 11.1. The van der Waals surface area contributed by atoms with Gasteiger partial charge in [-0.2, -0.15) is 0 Å². The predicted octanol–water partition coefficient (Wildman–Crippen LogP) is 5.16. The minimum atomic E-state index is -1.50. The number of rotatable bonds is 12. The molecule has 0 radical (unpaired) electrons. The zero-order valence-electron chi connectivity index (χ0n) is 27.4. The van der Waals surface area contributed by atoms with Crippen molar-refractivity contribution in [3.8, 4) is 22.6 Å². The number of esters is 2. The van der Waals surface area contributed by atoms with Gasteiger partial charge in [-0.05, 0) is 97.9 Å². The SMILES string of the molecule is CCOC(=O)COc1ccc(-c2cccc([C@@H](C)O)c2)cc1.CCOC(=O)COc1ccc(B(O)O)cc1.C[C@@H](O)c1cccc(Br)c1. The molecular formula is C36H42BBrO10. The summed E-state index contributed by atoms with van der Waals surface area (Å²) >= 11 is 3.32. The number of ether oxygens (including phenoxy) is 4. The smallest absolute Gasteiger partial charge is 0.482 e. The molecule has 48 heavy (non-hydrogen) atoms. The van der Waals surface area contributed by atoms with E-state index in [1.54, 1.807) is 39.8 Å². The van der Waals surface area contributed by atoms with Crippen molar-refractivity contribution in [3.63, 3.8) is 0 Å². The van der Waals surface area contributed by atoms with E-state index in [-0.39, 0.29) is 25.3 Å². The number of aliphatic hydroxyl groups is 2. The third kappa shape index (κ3) is 15.1. The molecule has 0 unspecified atom stereocenters. The highest BCUT2D eigenvalue weighted by molar-refractivity contribution is 9.10. The molecule has 256 valence electrons. The van der Waals surface area contributed by atoms with Gasteiger partial charge in [0.25, 0.3) is 0 Å². The summed E-state index contributed by atoms with van der Waals surface area (Å²) in [7, 11) is -1.50. The van der Waals surface area contributed by atoms with Gasteiger partial charge in [-0.1, -0.05) is 70.5 Å². The lowest BCUT2D eigenvalue weighted by atomic mass is 9.80. The summed E-state index contributed by atoms with van der Waals surface area (Å²) in [6.07, 6.45) is -0.871. The van der Waals surface area contributed by atoms with E-state index in [2.05, 4.69) is 20.7 Å². The summed E-state index contributed by atoms with van der Waals surface area (Å²) in [5.41, 5.74) is 4.22. The van der Waals surface area contributed by atoms with Crippen LogP contribution in [-0.4, -0.2) is 65.7 Å². The van der Waals surface area contributed by atoms with Crippen LogP contribution in [0.4, 0.5) is 0 Å². The van der Waals surface area contributed by atoms with Gasteiger partial charge in [-0.15, -0.1) is 0 Å². The molecular weight excluding hydrogens is 683 g/mol. The maximum absolute atomic E-state index is 11.2. The van der Waals surface area contributed by atoms with Crippen LogP contribution in [0.25, 0.3) is 11.1 Å². The standard InChI is InChI=1S/C18H20O4.C10H13BO5.C8H9BrO/c1-3-21-18(20)12-22-17-9-7-14(8-10-17)16-6-4-5-15(11-16)13(2)19;1-2-15-10(12)7-16-9-5-3-8(4-6-9)11(13)14;1-6(10)7-3-2-4-8(9)5-7/h4-11,13,19H,3,12H2,1-2H3;3-6,13-14H,2,7H2,1H3;2-6,10H,1H3/t13-;;6-/m1.1/s1. The zero-order valence-corrected chi connectivity index (χ0v) is 29.0. The molecule has 12 heteroatoms. The van der Waals surface area contributed by atoms with Crippen molar-refractivity contribution in [2.45, 2.75) is 39.9 Å². The molecule has 0 heterocycles. The Morgan fingerprint density at radius 3 is 1.54 bits per heavy atom. The zero-order chi connectivity index (χ0) is 35.5. The Balaban J connectivity index is 0.000000269. The number of aliphatic hydroxyl groups excluding tert-OH is 2. The Morgan fingerprint density at radius 2 is 1.12 bits per heavy atom. The van der Waals surface area contributed by atoms with Crippen LogP contribution < -0.4 is 14.9 Å². The number of carbonyl (C=O) groups excluding carboxylic acids is 2. The van der Waals surface area contributed by atoms with E-state index in [1.807, 2.05) is 72.8 Å². The molecule has 0 amide bonds. The van der Waals surface area contributed by atoms with Gasteiger partial charge in [0, 0.05) is 4.47 Å². The minimum absolute atomic E-state index is 0.0926. The molecule has 4 aromatic carbocycles. The number of hydrogen-bond donors (Lipinski definition) is 4. The van der Waals surface area contributed by atoms with Crippen LogP contribution in [0.15, 0.2) is 102 Å². The van der Waals surface area contributed by atoms with Crippen LogP contribution in [0.1, 0.15) is 51.0 Å².